The standard InChI is InChI=1S/C70H54O/c1-47(64(42-48-20-6-2-7-21-48)55-38-40-61-60-31-18-19-33-67(60)71-68(61)46-55)51-36-41-63-65(44-51)70(56-26-10-4-11-27-56,57-28-12-5-13-29-57)66-45-54(59-30-16-17-32-62(59)69(63)66)37-39-58(50-23-8-3-9-24-50)53-35-34-49-22-14-15-25-52(49)43-53/h2-36,38,40-41,43-47,58,64H,37,39,42H2,1H3. The van der Waals surface area contributed by atoms with E-state index >= 15 is 0 Å². The highest BCUT2D eigenvalue weighted by Crippen LogP contribution is 2.59. The van der Waals surface area contributed by atoms with Crippen LogP contribution in [0.4, 0.5) is 0 Å². The topological polar surface area (TPSA) is 13.1 Å². The average Bonchev–Trinajstić information content (AvgIpc) is 3.96. The SMILES string of the molecule is CC(c1ccc2c(c1)C(c1ccccc1)(c1ccccc1)c1cc(CCC(c3ccccc3)c3ccc4ccccc4c3)c3ccccc3c1-2)C(Cc1ccccc1)c1ccc2c(c1)oc1ccccc12. The molecule has 0 saturated heterocycles. The van der Waals surface area contributed by atoms with E-state index < -0.39 is 5.41 Å². The Balaban J connectivity index is 0.983. The first-order chi connectivity index (χ1) is 35.1. The summed E-state index contributed by atoms with van der Waals surface area (Å²) in [6, 6.07) is 95.3. The first-order valence-corrected chi connectivity index (χ1v) is 25.4. The fourth-order valence-electron chi connectivity index (χ4n) is 12.5. The largest absolute Gasteiger partial charge is 0.456 e. The summed E-state index contributed by atoms with van der Waals surface area (Å²) in [5.41, 5.74) is 17.3. The molecule has 1 aromatic heterocycles. The number of aryl methyl sites for hydroxylation is 1. The van der Waals surface area contributed by atoms with E-state index in [4.69, 9.17) is 4.42 Å². The van der Waals surface area contributed by atoms with Gasteiger partial charge in [0.05, 0.1) is 5.41 Å². The molecule has 1 heteroatoms. The predicted octanol–water partition coefficient (Wildman–Crippen LogP) is 18.2. The summed E-state index contributed by atoms with van der Waals surface area (Å²) < 4.78 is 6.54. The molecule has 3 unspecified atom stereocenters. The predicted molar refractivity (Wildman–Crippen MR) is 297 cm³/mol. The summed E-state index contributed by atoms with van der Waals surface area (Å²) >= 11 is 0. The molecule has 13 rings (SSSR count). The lowest BCUT2D eigenvalue weighted by molar-refractivity contribution is 0.570. The summed E-state index contributed by atoms with van der Waals surface area (Å²) in [6.45, 7) is 2.44. The van der Waals surface area contributed by atoms with Gasteiger partial charge in [-0.25, -0.2) is 0 Å². The van der Waals surface area contributed by atoms with E-state index in [2.05, 4.69) is 262 Å². The second kappa shape index (κ2) is 17.9. The van der Waals surface area contributed by atoms with E-state index in [1.165, 1.54) is 88.3 Å². The van der Waals surface area contributed by atoms with Gasteiger partial charge in [0.1, 0.15) is 11.2 Å². The van der Waals surface area contributed by atoms with Gasteiger partial charge >= 0.3 is 0 Å². The minimum Gasteiger partial charge on any atom is -0.456 e. The van der Waals surface area contributed by atoms with Gasteiger partial charge in [0, 0.05) is 16.7 Å². The van der Waals surface area contributed by atoms with Crippen molar-refractivity contribution in [2.45, 2.75) is 49.4 Å². The zero-order chi connectivity index (χ0) is 47.3. The molecular formula is C70H54O. The number of furan rings is 1. The van der Waals surface area contributed by atoms with Crippen molar-refractivity contribution in [2.24, 2.45) is 0 Å². The molecule has 0 saturated carbocycles. The maximum Gasteiger partial charge on any atom is 0.135 e. The number of hydrogen-bond acceptors (Lipinski definition) is 1. The van der Waals surface area contributed by atoms with Crippen LogP contribution in [0.5, 0.6) is 0 Å². The Bertz CT molecular complexity index is 3830. The Kier molecular flexibility index (Phi) is 10.8. The van der Waals surface area contributed by atoms with E-state index in [0.29, 0.717) is 0 Å². The van der Waals surface area contributed by atoms with E-state index in [1.54, 1.807) is 0 Å². The van der Waals surface area contributed by atoms with E-state index in [-0.39, 0.29) is 17.8 Å². The molecule has 1 heterocycles. The van der Waals surface area contributed by atoms with Crippen LogP contribution in [0, 0.1) is 0 Å². The number of hydrogen-bond donors (Lipinski definition) is 0. The first kappa shape index (κ1) is 42.8. The third-order valence-corrected chi connectivity index (χ3v) is 16.0. The van der Waals surface area contributed by atoms with Crippen molar-refractivity contribution in [2.75, 3.05) is 0 Å². The van der Waals surface area contributed by atoms with Gasteiger partial charge < -0.3 is 4.42 Å². The van der Waals surface area contributed by atoms with Crippen LogP contribution in [0.15, 0.2) is 259 Å². The summed E-state index contributed by atoms with van der Waals surface area (Å²) in [7, 11) is 0. The van der Waals surface area contributed by atoms with Gasteiger partial charge in [0.25, 0.3) is 0 Å². The average molecular weight is 911 g/mol. The van der Waals surface area contributed by atoms with Crippen molar-refractivity contribution in [1.82, 2.24) is 0 Å². The molecule has 0 fully saturated rings. The van der Waals surface area contributed by atoms with Gasteiger partial charge in [-0.05, 0) is 132 Å². The van der Waals surface area contributed by atoms with Gasteiger partial charge in [0.15, 0.2) is 0 Å². The number of fused-ring (bicyclic) bond motifs is 9. The second-order valence-electron chi connectivity index (χ2n) is 19.8. The molecule has 12 aromatic rings. The molecule has 0 aliphatic heterocycles. The maximum atomic E-state index is 6.54. The third kappa shape index (κ3) is 7.38. The normalized spacial score (nSPS) is 14.1. The van der Waals surface area contributed by atoms with Gasteiger partial charge in [-0.15, -0.1) is 0 Å². The van der Waals surface area contributed by atoms with Crippen molar-refractivity contribution in [3.8, 4) is 11.1 Å². The molecule has 0 bridgehead atoms. The molecule has 71 heavy (non-hydrogen) atoms. The molecule has 3 atom stereocenters. The van der Waals surface area contributed by atoms with Gasteiger partial charge in [-0.2, -0.15) is 0 Å². The molecule has 1 aliphatic carbocycles. The van der Waals surface area contributed by atoms with Crippen molar-refractivity contribution in [3.05, 3.63) is 310 Å². The lowest BCUT2D eigenvalue weighted by Crippen LogP contribution is -2.29. The van der Waals surface area contributed by atoms with Crippen LogP contribution >= 0.6 is 0 Å². The zero-order valence-corrected chi connectivity index (χ0v) is 40.0. The Morgan fingerprint density at radius 3 is 1.75 bits per heavy atom. The van der Waals surface area contributed by atoms with Crippen molar-refractivity contribution >= 4 is 43.5 Å². The third-order valence-electron chi connectivity index (χ3n) is 16.0. The van der Waals surface area contributed by atoms with Crippen molar-refractivity contribution in [1.29, 1.82) is 0 Å². The van der Waals surface area contributed by atoms with Gasteiger partial charge in [-0.1, -0.05) is 250 Å². The molecule has 1 nitrogen and oxygen atoms in total. The first-order valence-electron chi connectivity index (χ1n) is 25.4. The molecular weight excluding hydrogens is 857 g/mol. The Hall–Kier alpha value is -8.26. The molecule has 340 valence electrons. The van der Waals surface area contributed by atoms with Crippen LogP contribution in [0.3, 0.4) is 0 Å². The molecule has 0 amide bonds. The summed E-state index contributed by atoms with van der Waals surface area (Å²) in [5.74, 6) is 0.596. The zero-order valence-electron chi connectivity index (χ0n) is 40.0. The highest BCUT2D eigenvalue weighted by atomic mass is 16.3. The molecule has 0 spiro atoms. The monoisotopic (exact) mass is 910 g/mol. The van der Waals surface area contributed by atoms with Gasteiger partial charge in [0.2, 0.25) is 0 Å². The van der Waals surface area contributed by atoms with E-state index in [1.807, 2.05) is 0 Å². The van der Waals surface area contributed by atoms with E-state index in [0.717, 1.165) is 41.2 Å². The highest BCUT2D eigenvalue weighted by Gasteiger charge is 2.47. The van der Waals surface area contributed by atoms with Crippen LogP contribution < -0.4 is 0 Å². The summed E-state index contributed by atoms with van der Waals surface area (Å²) in [4.78, 5) is 0. The Morgan fingerprint density at radius 1 is 0.408 bits per heavy atom. The molecule has 0 N–H and O–H groups in total. The van der Waals surface area contributed by atoms with Crippen molar-refractivity contribution < 1.29 is 4.42 Å². The lowest BCUT2D eigenvalue weighted by Gasteiger charge is -2.35. The molecule has 11 aromatic carbocycles. The quantitative estimate of drug-likeness (QED) is 0.119. The van der Waals surface area contributed by atoms with Gasteiger partial charge in [-0.3, -0.25) is 0 Å². The highest BCUT2D eigenvalue weighted by molar-refractivity contribution is 6.06. The number of rotatable bonds is 12. The van der Waals surface area contributed by atoms with Crippen LogP contribution in [-0.2, 0) is 18.3 Å². The molecule has 1 aliphatic rings. The smallest absolute Gasteiger partial charge is 0.135 e. The summed E-state index contributed by atoms with van der Waals surface area (Å²) in [5, 5.41) is 7.54. The van der Waals surface area contributed by atoms with Crippen LogP contribution in [-0.4, -0.2) is 0 Å². The second-order valence-corrected chi connectivity index (χ2v) is 19.8. The minimum absolute atomic E-state index is 0.174. The Labute approximate surface area is 416 Å². The lowest BCUT2D eigenvalue weighted by atomic mass is 9.66. The minimum atomic E-state index is -0.568. The fraction of sp³-hybridized carbons (Fsp3) is 0.114. The molecule has 0 radical (unpaired) electrons. The van der Waals surface area contributed by atoms with E-state index in [9.17, 15) is 0 Å². The van der Waals surface area contributed by atoms with Crippen LogP contribution in [0.1, 0.15) is 86.7 Å². The van der Waals surface area contributed by atoms with Crippen LogP contribution in [0.25, 0.3) is 54.6 Å². The number of benzene rings is 11. The van der Waals surface area contributed by atoms with Crippen LogP contribution in [0.2, 0.25) is 0 Å². The number of para-hydroxylation sites is 1. The maximum absolute atomic E-state index is 6.54. The summed E-state index contributed by atoms with van der Waals surface area (Å²) in [6.07, 6.45) is 2.81. The Morgan fingerprint density at radius 2 is 1.00 bits per heavy atom. The van der Waals surface area contributed by atoms with Crippen molar-refractivity contribution in [3.63, 3.8) is 0 Å². The fourth-order valence-corrected chi connectivity index (χ4v) is 12.5.